The number of benzene rings is 1. The molecule has 1 aromatic heterocycles. The summed E-state index contributed by atoms with van der Waals surface area (Å²) >= 11 is 1.47. The van der Waals surface area contributed by atoms with Gasteiger partial charge < -0.3 is 10.6 Å². The van der Waals surface area contributed by atoms with Crippen molar-refractivity contribution < 1.29 is 14.0 Å². The Morgan fingerprint density at radius 1 is 1.24 bits per heavy atom. The molecule has 0 spiro atoms. The topological polar surface area (TPSA) is 71.1 Å². The molecule has 134 valence electrons. The molecule has 2 aromatic rings. The molecule has 0 atom stereocenters. The molecular weight excluding hydrogens is 341 g/mol. The van der Waals surface area contributed by atoms with Gasteiger partial charge in [-0.3, -0.25) is 9.59 Å². The van der Waals surface area contributed by atoms with E-state index in [0.717, 1.165) is 25.0 Å². The van der Waals surface area contributed by atoms with E-state index in [-0.39, 0.29) is 30.6 Å². The van der Waals surface area contributed by atoms with Crippen LogP contribution in [0.15, 0.2) is 24.3 Å². The molecule has 5 nitrogen and oxygen atoms in total. The van der Waals surface area contributed by atoms with Gasteiger partial charge in [0, 0.05) is 4.88 Å². The summed E-state index contributed by atoms with van der Waals surface area (Å²) in [4.78, 5) is 29.4. The fourth-order valence-corrected chi connectivity index (χ4v) is 3.35. The van der Waals surface area contributed by atoms with Crippen LogP contribution in [-0.4, -0.2) is 23.3 Å². The Morgan fingerprint density at radius 2 is 2.04 bits per heavy atom. The molecule has 25 heavy (non-hydrogen) atoms. The zero-order valence-corrected chi connectivity index (χ0v) is 15.2. The van der Waals surface area contributed by atoms with Crippen molar-refractivity contribution in [2.75, 3.05) is 11.9 Å². The quantitative estimate of drug-likeness (QED) is 0.757. The molecule has 1 heterocycles. The maximum absolute atomic E-state index is 13.1. The summed E-state index contributed by atoms with van der Waals surface area (Å²) in [6.07, 6.45) is 2.80. The Hall–Kier alpha value is -2.28. The number of anilines is 1. The zero-order valence-electron chi connectivity index (χ0n) is 14.4. The van der Waals surface area contributed by atoms with Crippen molar-refractivity contribution in [2.45, 2.75) is 39.5 Å². The first-order valence-electron chi connectivity index (χ1n) is 8.31. The average Bonchev–Trinajstić information content (AvgIpc) is 2.95. The Balaban J connectivity index is 1.83. The highest BCUT2D eigenvalue weighted by molar-refractivity contribution is 7.15. The Labute approximate surface area is 150 Å². The molecule has 0 bridgehead atoms. The van der Waals surface area contributed by atoms with Gasteiger partial charge in [-0.05, 0) is 30.5 Å². The minimum atomic E-state index is -0.388. The largest absolute Gasteiger partial charge is 0.347 e. The van der Waals surface area contributed by atoms with Crippen LogP contribution in [0.3, 0.4) is 0 Å². The van der Waals surface area contributed by atoms with Crippen molar-refractivity contribution >= 4 is 28.3 Å². The van der Waals surface area contributed by atoms with Crippen molar-refractivity contribution in [1.82, 2.24) is 10.3 Å². The predicted octanol–water partition coefficient (Wildman–Crippen LogP) is 3.09. The second-order valence-corrected chi connectivity index (χ2v) is 6.71. The number of nitrogens with one attached hydrogen (secondary N) is 2. The van der Waals surface area contributed by atoms with Gasteiger partial charge in [-0.2, -0.15) is 0 Å². The van der Waals surface area contributed by atoms with Gasteiger partial charge in [-0.25, -0.2) is 9.37 Å². The minimum absolute atomic E-state index is 0.0307. The van der Waals surface area contributed by atoms with Crippen molar-refractivity contribution in [2.24, 2.45) is 0 Å². The van der Waals surface area contributed by atoms with Crippen molar-refractivity contribution in [3.05, 3.63) is 46.2 Å². The molecular formula is C18H22FN3O2S. The van der Waals surface area contributed by atoms with Crippen LogP contribution in [0.4, 0.5) is 9.52 Å². The molecule has 0 unspecified atom stereocenters. The lowest BCUT2D eigenvalue weighted by Gasteiger charge is -2.05. The van der Waals surface area contributed by atoms with Crippen molar-refractivity contribution in [3.8, 4) is 0 Å². The van der Waals surface area contributed by atoms with E-state index in [4.69, 9.17) is 0 Å². The maximum Gasteiger partial charge on any atom is 0.245 e. The first-order chi connectivity index (χ1) is 12.0. The third-order valence-electron chi connectivity index (χ3n) is 3.53. The molecule has 2 rings (SSSR count). The molecule has 0 aliphatic heterocycles. The van der Waals surface area contributed by atoms with Gasteiger partial charge >= 0.3 is 0 Å². The normalized spacial score (nSPS) is 10.5. The highest BCUT2D eigenvalue weighted by Gasteiger charge is 2.12. The van der Waals surface area contributed by atoms with Crippen molar-refractivity contribution in [3.63, 3.8) is 0 Å². The van der Waals surface area contributed by atoms with Gasteiger partial charge in [-0.1, -0.05) is 32.4 Å². The van der Waals surface area contributed by atoms with Gasteiger partial charge in [0.1, 0.15) is 5.82 Å². The summed E-state index contributed by atoms with van der Waals surface area (Å²) < 4.78 is 13.1. The number of carbonyl (C=O) groups is 2. The zero-order chi connectivity index (χ0) is 18.2. The van der Waals surface area contributed by atoms with E-state index in [2.05, 4.69) is 29.5 Å². The monoisotopic (exact) mass is 363 g/mol. The molecule has 1 aromatic carbocycles. The number of nitrogens with zero attached hydrogens (tertiary/aromatic N) is 1. The molecule has 0 aliphatic rings. The minimum Gasteiger partial charge on any atom is -0.347 e. The van der Waals surface area contributed by atoms with Gasteiger partial charge in [0.2, 0.25) is 11.8 Å². The van der Waals surface area contributed by atoms with Gasteiger partial charge in [-0.15, -0.1) is 11.3 Å². The summed E-state index contributed by atoms with van der Waals surface area (Å²) in [7, 11) is 0. The van der Waals surface area contributed by atoms with Crippen LogP contribution < -0.4 is 10.6 Å². The highest BCUT2D eigenvalue weighted by atomic mass is 32.1. The summed E-state index contributed by atoms with van der Waals surface area (Å²) in [5, 5.41) is 5.81. The summed E-state index contributed by atoms with van der Waals surface area (Å²) in [5.41, 5.74) is 1.59. The Morgan fingerprint density at radius 3 is 2.72 bits per heavy atom. The van der Waals surface area contributed by atoms with Gasteiger partial charge in [0.05, 0.1) is 18.7 Å². The molecule has 0 fully saturated rings. The standard InChI is InChI=1S/C18H22FN3O2S/c1-3-6-14-15(4-2)25-18(21-14)22-17(24)11-20-16(23)10-12-7-5-8-13(19)9-12/h5,7-9H,3-4,6,10-11H2,1-2H3,(H,20,23)(H,21,22,24). The van der Waals surface area contributed by atoms with Crippen LogP contribution >= 0.6 is 11.3 Å². The first-order valence-corrected chi connectivity index (χ1v) is 9.13. The van der Waals surface area contributed by atoms with Gasteiger partial charge in [0.15, 0.2) is 5.13 Å². The van der Waals surface area contributed by atoms with E-state index < -0.39 is 0 Å². The highest BCUT2D eigenvalue weighted by Crippen LogP contribution is 2.24. The molecule has 2 amide bonds. The second-order valence-electron chi connectivity index (χ2n) is 5.62. The smallest absolute Gasteiger partial charge is 0.245 e. The number of amides is 2. The average molecular weight is 363 g/mol. The summed E-state index contributed by atoms with van der Waals surface area (Å²) in [5.74, 6) is -1.05. The van der Waals surface area contributed by atoms with Gasteiger partial charge in [0.25, 0.3) is 0 Å². The van der Waals surface area contributed by atoms with E-state index in [9.17, 15) is 14.0 Å². The molecule has 0 radical (unpaired) electrons. The fraction of sp³-hybridized carbons (Fsp3) is 0.389. The van der Waals surface area contributed by atoms with E-state index in [1.165, 1.54) is 28.3 Å². The Bertz CT molecular complexity index is 746. The SMILES string of the molecule is CCCc1nc(NC(=O)CNC(=O)Cc2cccc(F)c2)sc1CC. The number of hydrogen-bond donors (Lipinski definition) is 2. The number of rotatable bonds is 8. The van der Waals surface area contributed by atoms with Crippen molar-refractivity contribution in [1.29, 1.82) is 0 Å². The lowest BCUT2D eigenvalue weighted by Crippen LogP contribution is -2.33. The van der Waals surface area contributed by atoms with E-state index in [0.29, 0.717) is 10.7 Å². The number of halogens is 1. The first kappa shape index (κ1) is 19.1. The third kappa shape index (κ3) is 5.94. The number of hydrogen-bond acceptors (Lipinski definition) is 4. The van der Waals surface area contributed by atoms with E-state index >= 15 is 0 Å². The molecule has 7 heteroatoms. The van der Waals surface area contributed by atoms with Crippen LogP contribution in [0.5, 0.6) is 0 Å². The number of aryl methyl sites for hydroxylation is 2. The molecule has 2 N–H and O–H groups in total. The third-order valence-corrected chi connectivity index (χ3v) is 4.69. The molecule has 0 saturated heterocycles. The van der Waals surface area contributed by atoms with E-state index in [1.807, 2.05) is 0 Å². The number of aromatic nitrogens is 1. The number of carbonyl (C=O) groups excluding carboxylic acids is 2. The lowest BCUT2D eigenvalue weighted by atomic mass is 10.1. The van der Waals surface area contributed by atoms with Crippen LogP contribution in [-0.2, 0) is 28.9 Å². The second kappa shape index (κ2) is 9.27. The summed E-state index contributed by atoms with van der Waals surface area (Å²) in [6.45, 7) is 4.01. The fourth-order valence-electron chi connectivity index (χ4n) is 2.38. The van der Waals surface area contributed by atoms with Crippen LogP contribution in [0.25, 0.3) is 0 Å². The van der Waals surface area contributed by atoms with Crippen LogP contribution in [0.1, 0.15) is 36.4 Å². The maximum atomic E-state index is 13.1. The molecule has 0 saturated carbocycles. The molecule has 0 aliphatic carbocycles. The number of thiazole rings is 1. The van der Waals surface area contributed by atoms with E-state index in [1.54, 1.807) is 12.1 Å². The Kier molecular flexibility index (Phi) is 7.06. The van der Waals surface area contributed by atoms with Crippen LogP contribution in [0.2, 0.25) is 0 Å². The summed E-state index contributed by atoms with van der Waals surface area (Å²) in [6, 6.07) is 5.84. The predicted molar refractivity (Wildman–Crippen MR) is 97.2 cm³/mol. The van der Waals surface area contributed by atoms with Crippen LogP contribution in [0, 0.1) is 5.82 Å². The lowest BCUT2D eigenvalue weighted by molar-refractivity contribution is -0.123.